The molecule has 0 spiro atoms. The molecule has 6 heteroatoms. The van der Waals surface area contributed by atoms with Crippen LogP contribution < -0.4 is 5.32 Å². The lowest BCUT2D eigenvalue weighted by Gasteiger charge is -2.18. The standard InChI is InChI=1S/C14H23N3O2S/c1-8(2)15-12(13(18)19-6)7-20-14-16-10(4)9(3)11(5)17-14/h8,12,15H,7H2,1-6H3. The molecule has 0 fully saturated rings. The highest BCUT2D eigenvalue weighted by atomic mass is 32.2. The van der Waals surface area contributed by atoms with Crippen molar-refractivity contribution in [1.82, 2.24) is 15.3 Å². The van der Waals surface area contributed by atoms with Gasteiger partial charge in [-0.25, -0.2) is 9.97 Å². The number of esters is 1. The van der Waals surface area contributed by atoms with Crippen LogP contribution in [0.25, 0.3) is 0 Å². The monoisotopic (exact) mass is 297 g/mol. The average molecular weight is 297 g/mol. The minimum Gasteiger partial charge on any atom is -0.468 e. The molecule has 0 saturated heterocycles. The lowest BCUT2D eigenvalue weighted by atomic mass is 10.2. The van der Waals surface area contributed by atoms with Crippen LogP contribution in [0.15, 0.2) is 5.16 Å². The smallest absolute Gasteiger partial charge is 0.323 e. The molecule has 1 heterocycles. The summed E-state index contributed by atoms with van der Waals surface area (Å²) in [7, 11) is 1.40. The van der Waals surface area contributed by atoms with Crippen LogP contribution in [-0.2, 0) is 9.53 Å². The van der Waals surface area contributed by atoms with Crippen LogP contribution in [0, 0.1) is 20.8 Å². The lowest BCUT2D eigenvalue weighted by Crippen LogP contribution is -2.43. The maximum atomic E-state index is 11.7. The van der Waals surface area contributed by atoms with Gasteiger partial charge in [0, 0.05) is 23.2 Å². The fourth-order valence-electron chi connectivity index (χ4n) is 1.69. The van der Waals surface area contributed by atoms with Crippen LogP contribution in [0.4, 0.5) is 0 Å². The first-order chi connectivity index (χ1) is 9.35. The van der Waals surface area contributed by atoms with Crippen molar-refractivity contribution in [2.75, 3.05) is 12.9 Å². The van der Waals surface area contributed by atoms with Crippen LogP contribution in [0.2, 0.25) is 0 Å². The number of hydrogen-bond donors (Lipinski definition) is 1. The van der Waals surface area contributed by atoms with Crippen molar-refractivity contribution in [2.24, 2.45) is 0 Å². The highest BCUT2D eigenvalue weighted by Gasteiger charge is 2.20. The van der Waals surface area contributed by atoms with E-state index in [9.17, 15) is 4.79 Å². The van der Waals surface area contributed by atoms with Gasteiger partial charge in [-0.3, -0.25) is 4.79 Å². The van der Waals surface area contributed by atoms with E-state index in [-0.39, 0.29) is 18.1 Å². The second kappa shape index (κ2) is 7.59. The number of aromatic nitrogens is 2. The molecular formula is C14H23N3O2S. The van der Waals surface area contributed by atoms with Crippen molar-refractivity contribution >= 4 is 17.7 Å². The Morgan fingerprint density at radius 2 is 1.80 bits per heavy atom. The van der Waals surface area contributed by atoms with Gasteiger partial charge in [0.25, 0.3) is 0 Å². The quantitative estimate of drug-likeness (QED) is 0.492. The van der Waals surface area contributed by atoms with Gasteiger partial charge in [0.1, 0.15) is 6.04 Å². The van der Waals surface area contributed by atoms with Crippen molar-refractivity contribution in [3.8, 4) is 0 Å². The summed E-state index contributed by atoms with van der Waals surface area (Å²) in [6.45, 7) is 9.95. The molecule has 0 aliphatic carbocycles. The molecule has 5 nitrogen and oxygen atoms in total. The van der Waals surface area contributed by atoms with Crippen LogP contribution in [0.5, 0.6) is 0 Å². The number of carbonyl (C=O) groups excluding carboxylic acids is 1. The summed E-state index contributed by atoms with van der Waals surface area (Å²) in [5.41, 5.74) is 3.07. The Labute approximate surface area is 124 Å². The highest BCUT2D eigenvalue weighted by Crippen LogP contribution is 2.18. The molecular weight excluding hydrogens is 274 g/mol. The summed E-state index contributed by atoms with van der Waals surface area (Å²) in [5, 5.41) is 3.89. The Kier molecular flexibility index (Phi) is 6.42. The Balaban J connectivity index is 2.74. The fourth-order valence-corrected chi connectivity index (χ4v) is 2.64. The zero-order valence-corrected chi connectivity index (χ0v) is 13.8. The number of nitrogens with zero attached hydrogens (tertiary/aromatic N) is 2. The number of rotatable bonds is 6. The molecule has 1 aromatic heterocycles. The van der Waals surface area contributed by atoms with E-state index in [2.05, 4.69) is 15.3 Å². The first-order valence-corrected chi connectivity index (χ1v) is 7.62. The molecule has 0 amide bonds. The number of hydrogen-bond acceptors (Lipinski definition) is 6. The average Bonchev–Trinajstić information content (AvgIpc) is 2.39. The Morgan fingerprint density at radius 3 is 2.25 bits per heavy atom. The summed E-state index contributed by atoms with van der Waals surface area (Å²) in [6, 6.07) is -0.141. The Hall–Kier alpha value is -1.14. The number of ether oxygens (including phenoxy) is 1. The topological polar surface area (TPSA) is 64.1 Å². The van der Waals surface area contributed by atoms with E-state index < -0.39 is 0 Å². The zero-order valence-electron chi connectivity index (χ0n) is 13.0. The first kappa shape index (κ1) is 16.9. The van der Waals surface area contributed by atoms with Crippen LogP contribution >= 0.6 is 11.8 Å². The molecule has 1 rings (SSSR count). The van der Waals surface area contributed by atoms with E-state index in [0.29, 0.717) is 10.9 Å². The van der Waals surface area contributed by atoms with Gasteiger partial charge in [-0.15, -0.1) is 0 Å². The third-order valence-electron chi connectivity index (χ3n) is 3.01. The number of nitrogens with one attached hydrogen (secondary N) is 1. The van der Waals surface area contributed by atoms with E-state index in [0.717, 1.165) is 17.0 Å². The van der Waals surface area contributed by atoms with Gasteiger partial charge in [-0.05, 0) is 26.3 Å². The van der Waals surface area contributed by atoms with Crippen LogP contribution in [-0.4, -0.2) is 40.9 Å². The Bertz CT molecular complexity index is 454. The first-order valence-electron chi connectivity index (χ1n) is 6.63. The van der Waals surface area contributed by atoms with E-state index >= 15 is 0 Å². The second-order valence-electron chi connectivity index (χ2n) is 5.01. The van der Waals surface area contributed by atoms with Crippen molar-refractivity contribution in [3.05, 3.63) is 17.0 Å². The third kappa shape index (κ3) is 4.76. The van der Waals surface area contributed by atoms with Crippen molar-refractivity contribution in [1.29, 1.82) is 0 Å². The molecule has 0 aliphatic heterocycles. The summed E-state index contributed by atoms with van der Waals surface area (Å²) in [6.07, 6.45) is 0. The predicted molar refractivity (Wildman–Crippen MR) is 81.0 cm³/mol. The van der Waals surface area contributed by atoms with Crippen LogP contribution in [0.3, 0.4) is 0 Å². The maximum Gasteiger partial charge on any atom is 0.323 e. The van der Waals surface area contributed by atoms with E-state index in [1.54, 1.807) is 0 Å². The third-order valence-corrected chi connectivity index (χ3v) is 3.95. The number of aryl methyl sites for hydroxylation is 2. The molecule has 0 radical (unpaired) electrons. The zero-order chi connectivity index (χ0) is 15.3. The lowest BCUT2D eigenvalue weighted by molar-refractivity contribution is -0.142. The van der Waals surface area contributed by atoms with Gasteiger partial charge in [-0.2, -0.15) is 0 Å². The Morgan fingerprint density at radius 1 is 1.25 bits per heavy atom. The molecule has 20 heavy (non-hydrogen) atoms. The number of carbonyl (C=O) groups is 1. The van der Waals surface area contributed by atoms with Gasteiger partial charge < -0.3 is 10.1 Å². The molecule has 112 valence electrons. The fraction of sp³-hybridized carbons (Fsp3) is 0.643. The summed E-state index contributed by atoms with van der Waals surface area (Å²) in [4.78, 5) is 20.6. The van der Waals surface area contributed by atoms with Gasteiger partial charge in [0.15, 0.2) is 5.16 Å². The van der Waals surface area contributed by atoms with Crippen molar-refractivity contribution in [3.63, 3.8) is 0 Å². The van der Waals surface area contributed by atoms with Gasteiger partial charge in [-0.1, -0.05) is 25.6 Å². The second-order valence-corrected chi connectivity index (χ2v) is 6.00. The molecule has 0 saturated carbocycles. The number of methoxy groups -OCH3 is 1. The SMILES string of the molecule is COC(=O)C(CSc1nc(C)c(C)c(C)n1)NC(C)C. The van der Waals surface area contributed by atoms with Gasteiger partial charge in [0.2, 0.25) is 0 Å². The van der Waals surface area contributed by atoms with Crippen molar-refractivity contribution < 1.29 is 9.53 Å². The number of thioether (sulfide) groups is 1. The molecule has 0 aromatic carbocycles. The summed E-state index contributed by atoms with van der Waals surface area (Å²) in [5.74, 6) is 0.291. The summed E-state index contributed by atoms with van der Waals surface area (Å²) >= 11 is 1.47. The van der Waals surface area contributed by atoms with Crippen molar-refractivity contribution in [2.45, 2.75) is 51.9 Å². The summed E-state index contributed by atoms with van der Waals surface area (Å²) < 4.78 is 4.81. The molecule has 1 N–H and O–H groups in total. The largest absolute Gasteiger partial charge is 0.468 e. The molecule has 0 aliphatic rings. The van der Waals surface area contributed by atoms with Gasteiger partial charge in [0.05, 0.1) is 7.11 Å². The maximum absolute atomic E-state index is 11.7. The van der Waals surface area contributed by atoms with E-state index in [1.807, 2.05) is 34.6 Å². The van der Waals surface area contributed by atoms with Crippen LogP contribution in [0.1, 0.15) is 30.8 Å². The predicted octanol–water partition coefficient (Wildman–Crippen LogP) is 2.03. The molecule has 0 bridgehead atoms. The minimum absolute atomic E-state index is 0.210. The highest BCUT2D eigenvalue weighted by molar-refractivity contribution is 7.99. The molecule has 1 aromatic rings. The molecule has 1 unspecified atom stereocenters. The minimum atomic E-state index is -0.351. The van der Waals surface area contributed by atoms with E-state index in [4.69, 9.17) is 4.74 Å². The normalized spacial score (nSPS) is 12.6. The molecule has 1 atom stereocenters. The van der Waals surface area contributed by atoms with E-state index in [1.165, 1.54) is 18.9 Å². The van der Waals surface area contributed by atoms with Gasteiger partial charge >= 0.3 is 5.97 Å².